The summed E-state index contributed by atoms with van der Waals surface area (Å²) in [5, 5.41) is 3.90. The van der Waals surface area contributed by atoms with E-state index < -0.39 is 11.6 Å². The molecule has 2 rings (SSSR count). The number of nitrogen functional groups attached to an aromatic ring is 1. The first-order valence-electron chi connectivity index (χ1n) is 5.05. The third-order valence-corrected chi connectivity index (χ3v) is 3.21. The molecule has 1 aromatic carbocycles. The average molecular weight is 254 g/mol. The van der Waals surface area contributed by atoms with E-state index in [1.165, 1.54) is 6.07 Å². The monoisotopic (exact) mass is 254 g/mol. The zero-order valence-corrected chi connectivity index (χ0v) is 10.1. The molecule has 0 unspecified atom stereocenters. The lowest BCUT2D eigenvalue weighted by Crippen LogP contribution is -2.19. The minimum atomic E-state index is -0.900. The fraction of sp³-hybridized carbons (Fsp3) is 0.167. The second-order valence-electron chi connectivity index (χ2n) is 3.79. The average Bonchev–Trinajstić information content (AvgIpc) is 2.77. The molecule has 0 bridgehead atoms. The summed E-state index contributed by atoms with van der Waals surface area (Å²) in [6.07, 6.45) is 0. The Bertz CT molecular complexity index is 511. The molecule has 1 heterocycles. The Morgan fingerprint density at radius 1 is 1.29 bits per heavy atom. The fourth-order valence-corrected chi connectivity index (χ4v) is 2.34. The molecule has 5 heteroatoms. The molecule has 2 aromatic rings. The van der Waals surface area contributed by atoms with Crippen molar-refractivity contribution in [2.75, 3.05) is 17.7 Å². The fourth-order valence-electron chi connectivity index (χ4n) is 1.68. The van der Waals surface area contributed by atoms with Gasteiger partial charge in [-0.1, -0.05) is 0 Å². The molecule has 2 nitrogen and oxygen atoms in total. The molecule has 17 heavy (non-hydrogen) atoms. The van der Waals surface area contributed by atoms with Crippen LogP contribution in [0.5, 0.6) is 0 Å². The Morgan fingerprint density at radius 2 is 2.06 bits per heavy atom. The second-order valence-corrected chi connectivity index (χ2v) is 4.57. The molecule has 0 aliphatic heterocycles. The Hall–Kier alpha value is -1.62. The van der Waals surface area contributed by atoms with Crippen molar-refractivity contribution in [2.45, 2.75) is 6.54 Å². The lowest BCUT2D eigenvalue weighted by Gasteiger charge is -2.21. The van der Waals surface area contributed by atoms with Crippen molar-refractivity contribution in [2.24, 2.45) is 0 Å². The number of hydrogen-bond donors (Lipinski definition) is 1. The SMILES string of the molecule is CN(Cc1ccsc1)c1c(N)ccc(F)c1F. The maximum absolute atomic E-state index is 13.6. The van der Waals surface area contributed by atoms with Crippen LogP contribution in [0.3, 0.4) is 0 Å². The van der Waals surface area contributed by atoms with Crippen LogP contribution in [0.4, 0.5) is 20.2 Å². The van der Waals surface area contributed by atoms with Crippen LogP contribution in [0.1, 0.15) is 5.56 Å². The van der Waals surface area contributed by atoms with Crippen molar-refractivity contribution in [3.63, 3.8) is 0 Å². The molecule has 0 aliphatic carbocycles. The van der Waals surface area contributed by atoms with Gasteiger partial charge in [-0.15, -0.1) is 0 Å². The minimum absolute atomic E-state index is 0.108. The minimum Gasteiger partial charge on any atom is -0.397 e. The highest BCUT2D eigenvalue weighted by Crippen LogP contribution is 2.29. The smallest absolute Gasteiger partial charge is 0.184 e. The first-order valence-corrected chi connectivity index (χ1v) is 5.99. The summed E-state index contributed by atoms with van der Waals surface area (Å²) in [4.78, 5) is 1.61. The molecule has 0 spiro atoms. The molecular weight excluding hydrogens is 242 g/mol. The number of nitrogens with zero attached hydrogens (tertiary/aromatic N) is 1. The predicted molar refractivity (Wildman–Crippen MR) is 67.2 cm³/mol. The number of anilines is 2. The molecule has 0 atom stereocenters. The molecule has 0 fully saturated rings. The van der Waals surface area contributed by atoms with E-state index in [0.717, 1.165) is 11.6 Å². The number of benzene rings is 1. The van der Waals surface area contributed by atoms with Gasteiger partial charge in [0, 0.05) is 13.6 Å². The quantitative estimate of drug-likeness (QED) is 0.852. The molecule has 1 aromatic heterocycles. The summed E-state index contributed by atoms with van der Waals surface area (Å²) >= 11 is 1.56. The summed E-state index contributed by atoms with van der Waals surface area (Å²) in [7, 11) is 1.69. The van der Waals surface area contributed by atoms with Gasteiger partial charge in [-0.3, -0.25) is 0 Å². The van der Waals surface area contributed by atoms with Crippen LogP contribution in [-0.4, -0.2) is 7.05 Å². The van der Waals surface area contributed by atoms with Crippen LogP contribution < -0.4 is 10.6 Å². The van der Waals surface area contributed by atoms with E-state index in [1.54, 1.807) is 23.3 Å². The van der Waals surface area contributed by atoms with E-state index in [9.17, 15) is 8.78 Å². The van der Waals surface area contributed by atoms with E-state index in [2.05, 4.69) is 0 Å². The van der Waals surface area contributed by atoms with Gasteiger partial charge in [-0.25, -0.2) is 8.78 Å². The standard InChI is InChI=1S/C12H12F2N2S/c1-16(6-8-4-5-17-7-8)12-10(15)3-2-9(13)11(12)14/h2-5,7H,6,15H2,1H3. The van der Waals surface area contributed by atoms with Crippen molar-refractivity contribution < 1.29 is 8.78 Å². The summed E-state index contributed by atoms with van der Waals surface area (Å²) in [6.45, 7) is 0.494. The van der Waals surface area contributed by atoms with Crippen LogP contribution in [-0.2, 0) is 6.54 Å². The van der Waals surface area contributed by atoms with Crippen molar-refractivity contribution in [3.05, 3.63) is 46.2 Å². The van der Waals surface area contributed by atoms with Crippen LogP contribution in [0, 0.1) is 11.6 Å². The molecule has 0 amide bonds. The normalized spacial score (nSPS) is 10.5. The van der Waals surface area contributed by atoms with Gasteiger partial charge in [0.1, 0.15) is 0 Å². The Morgan fingerprint density at radius 3 is 2.71 bits per heavy atom. The highest BCUT2D eigenvalue weighted by Gasteiger charge is 2.15. The zero-order valence-electron chi connectivity index (χ0n) is 9.28. The summed E-state index contributed by atoms with van der Waals surface area (Å²) < 4.78 is 26.8. The van der Waals surface area contributed by atoms with Gasteiger partial charge < -0.3 is 10.6 Å². The van der Waals surface area contributed by atoms with Crippen molar-refractivity contribution in [1.29, 1.82) is 0 Å². The molecule has 90 valence electrons. The van der Waals surface area contributed by atoms with E-state index in [0.29, 0.717) is 6.54 Å². The highest BCUT2D eigenvalue weighted by molar-refractivity contribution is 7.07. The van der Waals surface area contributed by atoms with Crippen molar-refractivity contribution >= 4 is 22.7 Å². The third kappa shape index (κ3) is 2.39. The van der Waals surface area contributed by atoms with Crippen LogP contribution in [0.25, 0.3) is 0 Å². The van der Waals surface area contributed by atoms with E-state index in [1.807, 2.05) is 16.8 Å². The molecule has 2 N–H and O–H groups in total. The second kappa shape index (κ2) is 4.71. The van der Waals surface area contributed by atoms with E-state index in [-0.39, 0.29) is 11.4 Å². The van der Waals surface area contributed by atoms with Gasteiger partial charge in [0.25, 0.3) is 0 Å². The Balaban J connectivity index is 2.30. The molecule has 0 saturated carbocycles. The van der Waals surface area contributed by atoms with Gasteiger partial charge in [0.2, 0.25) is 0 Å². The molecular formula is C12H12F2N2S. The van der Waals surface area contributed by atoms with E-state index >= 15 is 0 Å². The van der Waals surface area contributed by atoms with Gasteiger partial charge in [-0.05, 0) is 34.5 Å². The maximum Gasteiger partial charge on any atom is 0.184 e. The lowest BCUT2D eigenvalue weighted by atomic mass is 10.2. The third-order valence-electron chi connectivity index (χ3n) is 2.48. The Kier molecular flexibility index (Phi) is 3.28. The zero-order chi connectivity index (χ0) is 12.4. The number of hydrogen-bond acceptors (Lipinski definition) is 3. The summed E-state index contributed by atoms with van der Waals surface area (Å²) in [6, 6.07) is 4.35. The van der Waals surface area contributed by atoms with Gasteiger partial charge in [0.15, 0.2) is 11.6 Å². The van der Waals surface area contributed by atoms with E-state index in [4.69, 9.17) is 5.73 Å². The maximum atomic E-state index is 13.6. The van der Waals surface area contributed by atoms with Crippen LogP contribution >= 0.6 is 11.3 Å². The molecule has 0 saturated heterocycles. The van der Waals surface area contributed by atoms with Gasteiger partial charge in [-0.2, -0.15) is 11.3 Å². The van der Waals surface area contributed by atoms with Gasteiger partial charge in [0.05, 0.1) is 11.4 Å². The number of halogens is 2. The summed E-state index contributed by atoms with van der Waals surface area (Å²) in [5.74, 6) is -1.78. The highest BCUT2D eigenvalue weighted by atomic mass is 32.1. The number of thiophene rings is 1. The first-order chi connectivity index (χ1) is 8.09. The van der Waals surface area contributed by atoms with Crippen molar-refractivity contribution in [1.82, 2.24) is 0 Å². The van der Waals surface area contributed by atoms with Crippen LogP contribution in [0.2, 0.25) is 0 Å². The largest absolute Gasteiger partial charge is 0.397 e. The molecule has 0 radical (unpaired) electrons. The topological polar surface area (TPSA) is 29.3 Å². The predicted octanol–water partition coefficient (Wildman–Crippen LogP) is 3.24. The molecule has 0 aliphatic rings. The number of rotatable bonds is 3. The first kappa shape index (κ1) is 11.9. The number of nitrogens with two attached hydrogens (primary N) is 1. The van der Waals surface area contributed by atoms with Gasteiger partial charge >= 0.3 is 0 Å². The lowest BCUT2D eigenvalue weighted by molar-refractivity contribution is 0.508. The van der Waals surface area contributed by atoms with Crippen LogP contribution in [0.15, 0.2) is 29.0 Å². The Labute approximate surface area is 102 Å². The summed E-state index contributed by atoms with van der Waals surface area (Å²) in [5.41, 5.74) is 7.06. The van der Waals surface area contributed by atoms with Crippen molar-refractivity contribution in [3.8, 4) is 0 Å².